The molecule has 24 heavy (non-hydrogen) atoms. The number of nitrogens with one attached hydrogen (secondary N) is 2. The second kappa shape index (κ2) is 7.94. The Bertz CT molecular complexity index is 652. The van der Waals surface area contributed by atoms with Crippen molar-refractivity contribution in [3.63, 3.8) is 0 Å². The largest absolute Gasteiger partial charge is 0.379 e. The topological polar surface area (TPSA) is 71.4 Å². The first-order valence-electron chi connectivity index (χ1n) is 8.18. The minimum Gasteiger partial charge on any atom is -0.379 e. The Hall–Kier alpha value is -2.38. The van der Waals surface area contributed by atoms with Crippen molar-refractivity contribution in [2.75, 3.05) is 38.2 Å². The number of carbonyl (C=O) groups excluding carboxylic acids is 1. The van der Waals surface area contributed by atoms with Gasteiger partial charge in [0.1, 0.15) is 0 Å². The number of nitrogens with zero attached hydrogens (tertiary/aromatic N) is 3. The van der Waals surface area contributed by atoms with Crippen LogP contribution in [0.5, 0.6) is 0 Å². The number of carbonyl (C=O) groups is 1. The van der Waals surface area contributed by atoms with Gasteiger partial charge in [0.05, 0.1) is 37.0 Å². The number of para-hydroxylation sites is 1. The van der Waals surface area contributed by atoms with Crippen molar-refractivity contribution in [2.45, 2.75) is 13.0 Å². The fourth-order valence-corrected chi connectivity index (χ4v) is 2.72. The third kappa shape index (κ3) is 4.56. The number of anilines is 1. The number of morpholine rings is 1. The van der Waals surface area contributed by atoms with Gasteiger partial charge in [0.2, 0.25) is 0 Å². The Morgan fingerprint density at radius 2 is 2.04 bits per heavy atom. The lowest BCUT2D eigenvalue weighted by molar-refractivity contribution is 0.0350. The van der Waals surface area contributed by atoms with E-state index in [9.17, 15) is 4.79 Å². The molecule has 0 radical (unpaired) electrons. The smallest absolute Gasteiger partial charge is 0.319 e. The van der Waals surface area contributed by atoms with Crippen LogP contribution in [0.1, 0.15) is 6.92 Å². The molecular formula is C17H23N5O2. The Labute approximate surface area is 141 Å². The lowest BCUT2D eigenvalue weighted by Crippen LogP contribution is -2.46. The van der Waals surface area contributed by atoms with Gasteiger partial charge >= 0.3 is 6.03 Å². The van der Waals surface area contributed by atoms with Crippen LogP contribution < -0.4 is 10.6 Å². The molecule has 1 unspecified atom stereocenters. The van der Waals surface area contributed by atoms with Gasteiger partial charge in [0.15, 0.2) is 0 Å². The summed E-state index contributed by atoms with van der Waals surface area (Å²) in [6.07, 6.45) is 3.43. The molecule has 3 rings (SSSR count). The van der Waals surface area contributed by atoms with Crippen molar-refractivity contribution >= 4 is 11.7 Å². The standard InChI is InChI=1S/C17H23N5O2/c1-14(12-21-7-9-24-10-8-21)19-17(23)20-15-11-18-22(13-15)16-5-3-2-4-6-16/h2-6,11,13-14H,7-10,12H2,1H3,(H2,19,20,23). The van der Waals surface area contributed by atoms with E-state index in [-0.39, 0.29) is 12.1 Å². The summed E-state index contributed by atoms with van der Waals surface area (Å²) >= 11 is 0. The number of hydrogen-bond donors (Lipinski definition) is 2. The number of amides is 2. The first kappa shape index (κ1) is 16.5. The van der Waals surface area contributed by atoms with Crippen molar-refractivity contribution in [3.05, 3.63) is 42.7 Å². The molecule has 128 valence electrons. The molecule has 1 aromatic heterocycles. The monoisotopic (exact) mass is 329 g/mol. The van der Waals surface area contributed by atoms with E-state index in [0.29, 0.717) is 5.69 Å². The Balaban J connectivity index is 1.49. The molecule has 0 aliphatic carbocycles. The Kier molecular flexibility index (Phi) is 5.45. The van der Waals surface area contributed by atoms with Crippen LogP contribution in [0.3, 0.4) is 0 Å². The predicted molar refractivity (Wildman–Crippen MR) is 92.4 cm³/mol. The molecule has 2 amide bonds. The molecule has 7 heteroatoms. The van der Waals surface area contributed by atoms with E-state index in [0.717, 1.165) is 38.5 Å². The summed E-state index contributed by atoms with van der Waals surface area (Å²) in [4.78, 5) is 14.4. The zero-order chi connectivity index (χ0) is 16.8. The maximum absolute atomic E-state index is 12.1. The number of rotatable bonds is 5. The summed E-state index contributed by atoms with van der Waals surface area (Å²) in [7, 11) is 0. The number of hydrogen-bond acceptors (Lipinski definition) is 4. The highest BCUT2D eigenvalue weighted by Crippen LogP contribution is 2.11. The van der Waals surface area contributed by atoms with Gasteiger partial charge in [0.25, 0.3) is 0 Å². The van der Waals surface area contributed by atoms with E-state index in [4.69, 9.17) is 4.74 Å². The molecule has 1 aromatic carbocycles. The van der Waals surface area contributed by atoms with Crippen LogP contribution in [0, 0.1) is 0 Å². The summed E-state index contributed by atoms with van der Waals surface area (Å²) in [5.74, 6) is 0. The summed E-state index contributed by atoms with van der Waals surface area (Å²) < 4.78 is 7.06. The third-order valence-corrected chi connectivity index (χ3v) is 3.87. The third-order valence-electron chi connectivity index (χ3n) is 3.87. The van der Waals surface area contributed by atoms with Gasteiger partial charge in [-0.3, -0.25) is 4.90 Å². The molecule has 2 N–H and O–H groups in total. The van der Waals surface area contributed by atoms with Crippen LogP contribution in [-0.4, -0.2) is 59.6 Å². The van der Waals surface area contributed by atoms with Gasteiger partial charge < -0.3 is 15.4 Å². The summed E-state index contributed by atoms with van der Waals surface area (Å²) in [6, 6.07) is 9.61. The van der Waals surface area contributed by atoms with Crippen molar-refractivity contribution in [3.8, 4) is 5.69 Å². The average Bonchev–Trinajstić information content (AvgIpc) is 3.04. The zero-order valence-electron chi connectivity index (χ0n) is 13.8. The molecule has 1 atom stereocenters. The molecule has 1 aliphatic heterocycles. The minimum absolute atomic E-state index is 0.0623. The molecule has 0 saturated carbocycles. The number of benzene rings is 1. The number of urea groups is 1. The van der Waals surface area contributed by atoms with Crippen molar-refractivity contribution in [1.29, 1.82) is 0 Å². The van der Waals surface area contributed by atoms with Gasteiger partial charge in [-0.05, 0) is 19.1 Å². The van der Waals surface area contributed by atoms with Crippen LogP contribution in [0.2, 0.25) is 0 Å². The number of aromatic nitrogens is 2. The molecule has 1 fully saturated rings. The predicted octanol–water partition coefficient (Wildman–Crippen LogP) is 1.71. The molecule has 0 bridgehead atoms. The molecule has 1 saturated heterocycles. The fraction of sp³-hybridized carbons (Fsp3) is 0.412. The first-order valence-corrected chi connectivity index (χ1v) is 8.18. The minimum atomic E-state index is -0.219. The van der Waals surface area contributed by atoms with Gasteiger partial charge in [-0.1, -0.05) is 18.2 Å². The van der Waals surface area contributed by atoms with Crippen LogP contribution >= 0.6 is 0 Å². The van der Waals surface area contributed by atoms with Gasteiger partial charge in [-0.15, -0.1) is 0 Å². The molecule has 2 heterocycles. The summed E-state index contributed by atoms with van der Waals surface area (Å²) in [5, 5.41) is 10.0. The summed E-state index contributed by atoms with van der Waals surface area (Å²) in [5.41, 5.74) is 1.61. The second-order valence-corrected chi connectivity index (χ2v) is 5.92. The van der Waals surface area contributed by atoms with E-state index >= 15 is 0 Å². The van der Waals surface area contributed by atoms with Crippen molar-refractivity contribution in [1.82, 2.24) is 20.0 Å². The lowest BCUT2D eigenvalue weighted by Gasteiger charge is -2.29. The van der Waals surface area contributed by atoms with Gasteiger partial charge in [-0.25, -0.2) is 9.48 Å². The van der Waals surface area contributed by atoms with Crippen molar-refractivity contribution in [2.24, 2.45) is 0 Å². The van der Waals surface area contributed by atoms with Gasteiger partial charge in [-0.2, -0.15) is 5.10 Å². The maximum Gasteiger partial charge on any atom is 0.319 e. The first-order chi connectivity index (χ1) is 11.7. The van der Waals surface area contributed by atoms with Gasteiger partial charge in [0, 0.05) is 25.7 Å². The number of ether oxygens (including phenoxy) is 1. The van der Waals surface area contributed by atoms with Crippen LogP contribution in [0.25, 0.3) is 5.69 Å². The van der Waals surface area contributed by atoms with E-state index in [1.165, 1.54) is 0 Å². The van der Waals surface area contributed by atoms with E-state index in [2.05, 4.69) is 20.6 Å². The second-order valence-electron chi connectivity index (χ2n) is 5.92. The Morgan fingerprint density at radius 1 is 1.29 bits per heavy atom. The van der Waals surface area contributed by atoms with Crippen molar-refractivity contribution < 1.29 is 9.53 Å². The highest BCUT2D eigenvalue weighted by molar-refractivity contribution is 5.89. The molecule has 2 aromatic rings. The highest BCUT2D eigenvalue weighted by Gasteiger charge is 2.15. The van der Waals surface area contributed by atoms with E-state index in [1.807, 2.05) is 37.3 Å². The quantitative estimate of drug-likeness (QED) is 0.876. The van der Waals surface area contributed by atoms with E-state index in [1.54, 1.807) is 17.1 Å². The zero-order valence-corrected chi connectivity index (χ0v) is 13.8. The molecule has 1 aliphatic rings. The lowest BCUT2D eigenvalue weighted by atomic mass is 10.3. The summed E-state index contributed by atoms with van der Waals surface area (Å²) in [6.45, 7) is 6.17. The fourth-order valence-electron chi connectivity index (χ4n) is 2.72. The normalized spacial score (nSPS) is 16.5. The Morgan fingerprint density at radius 3 is 2.79 bits per heavy atom. The van der Waals surface area contributed by atoms with Crippen LogP contribution in [-0.2, 0) is 4.74 Å². The molecule has 0 spiro atoms. The van der Waals surface area contributed by atoms with E-state index < -0.39 is 0 Å². The molecular weight excluding hydrogens is 306 g/mol. The maximum atomic E-state index is 12.1. The SMILES string of the molecule is CC(CN1CCOCC1)NC(=O)Nc1cnn(-c2ccccc2)c1. The average molecular weight is 329 g/mol. The molecule has 7 nitrogen and oxygen atoms in total. The van der Waals surface area contributed by atoms with Crippen LogP contribution in [0.15, 0.2) is 42.7 Å². The van der Waals surface area contributed by atoms with Crippen LogP contribution in [0.4, 0.5) is 10.5 Å². The highest BCUT2D eigenvalue weighted by atomic mass is 16.5.